The Labute approximate surface area is 210 Å². The fourth-order valence-electron chi connectivity index (χ4n) is 4.22. The maximum absolute atomic E-state index is 9.00. The highest BCUT2D eigenvalue weighted by Crippen LogP contribution is 2.44. The van der Waals surface area contributed by atoms with Crippen LogP contribution in [0.4, 0.5) is 5.69 Å². The Morgan fingerprint density at radius 2 is 1.70 bits per heavy atom. The van der Waals surface area contributed by atoms with Gasteiger partial charge >= 0.3 is 0 Å². The molecule has 0 fully saturated rings. The normalized spacial score (nSPS) is 18.3. The average Bonchev–Trinajstić information content (AvgIpc) is 3.33. The highest BCUT2D eigenvalue weighted by molar-refractivity contribution is 6.15. The number of hydrogen-bond donors (Lipinski definition) is 0. The summed E-state index contributed by atoms with van der Waals surface area (Å²) in [6.07, 6.45) is 0. The van der Waals surface area contributed by atoms with E-state index in [9.17, 15) is 0 Å². The molecule has 0 aliphatic carbocycles. The minimum atomic E-state index is -2.76. The average molecular weight is 443 g/mol. The first-order valence-electron chi connectivity index (χ1n) is 15.8. The van der Waals surface area contributed by atoms with Gasteiger partial charge in [-0.1, -0.05) is 68.3 Å². The molecule has 3 aromatic carbocycles. The second-order valence-corrected chi connectivity index (χ2v) is 7.93. The van der Waals surface area contributed by atoms with Crippen LogP contribution in [0.25, 0.3) is 49.2 Å². The Bertz CT molecular complexity index is 2050. The second-order valence-electron chi connectivity index (χ2n) is 7.93. The first-order chi connectivity index (χ1) is 20.4. The van der Waals surface area contributed by atoms with Crippen LogP contribution in [0.1, 0.15) is 51.6 Å². The third-order valence-corrected chi connectivity index (χ3v) is 5.98. The van der Waals surface area contributed by atoms with E-state index in [1.165, 1.54) is 13.0 Å². The molecule has 0 spiro atoms. The molecule has 1 unspecified atom stereocenters. The number of furan rings is 1. The summed E-state index contributed by atoms with van der Waals surface area (Å²) in [5, 5.41) is 1.07. The van der Waals surface area contributed by atoms with Crippen molar-refractivity contribution in [2.24, 2.45) is 7.05 Å². The van der Waals surface area contributed by atoms with Crippen LogP contribution in [0.2, 0.25) is 0 Å². The van der Waals surface area contributed by atoms with Gasteiger partial charge in [0.1, 0.15) is 18.2 Å². The summed E-state index contributed by atoms with van der Waals surface area (Å²) >= 11 is 0. The fourth-order valence-corrected chi connectivity index (χ4v) is 4.22. The lowest BCUT2D eigenvalue weighted by Crippen LogP contribution is -2.36. The largest absolute Gasteiger partial charge is 0.456 e. The highest BCUT2D eigenvalue weighted by Gasteiger charge is 2.25. The van der Waals surface area contributed by atoms with Crippen LogP contribution in [-0.2, 0) is 7.05 Å². The van der Waals surface area contributed by atoms with Gasteiger partial charge in [0.15, 0.2) is 11.4 Å². The van der Waals surface area contributed by atoms with Gasteiger partial charge in [-0.25, -0.2) is 4.85 Å². The van der Waals surface area contributed by atoms with Crippen molar-refractivity contribution >= 4 is 27.6 Å². The Morgan fingerprint density at radius 3 is 2.39 bits per heavy atom. The monoisotopic (exact) mass is 442 g/mol. The Kier molecular flexibility index (Phi) is 2.83. The van der Waals surface area contributed by atoms with Crippen molar-refractivity contribution < 1.29 is 24.1 Å². The Morgan fingerprint density at radius 1 is 1.00 bits per heavy atom. The van der Waals surface area contributed by atoms with Crippen molar-refractivity contribution in [1.82, 2.24) is 0 Å². The zero-order valence-electron chi connectivity index (χ0n) is 29.6. The van der Waals surface area contributed by atoms with E-state index in [2.05, 4.69) is 4.85 Å². The number of benzene rings is 3. The van der Waals surface area contributed by atoms with E-state index in [0.29, 0.717) is 27.6 Å². The lowest BCUT2D eigenvalue weighted by atomic mass is 9.96. The van der Waals surface area contributed by atoms with Crippen LogP contribution in [0.15, 0.2) is 71.0 Å². The first-order valence-corrected chi connectivity index (χ1v) is 10.3. The number of pyridine rings is 1. The zero-order valence-corrected chi connectivity index (χ0v) is 18.6. The molecule has 0 saturated heterocycles. The molecule has 0 radical (unpaired) electrons. The van der Waals surface area contributed by atoms with Crippen molar-refractivity contribution in [1.29, 1.82) is 0 Å². The van der Waals surface area contributed by atoms with E-state index in [-0.39, 0.29) is 45.3 Å². The minimum absolute atomic E-state index is 0.0214. The molecule has 2 heterocycles. The van der Waals surface area contributed by atoms with Gasteiger partial charge in [-0.15, -0.1) is 0 Å². The molecule has 0 amide bonds. The zero-order chi connectivity index (χ0) is 32.8. The minimum Gasteiger partial charge on any atom is -0.456 e. The molecule has 33 heavy (non-hydrogen) atoms. The van der Waals surface area contributed by atoms with Crippen molar-refractivity contribution in [2.75, 3.05) is 0 Å². The first kappa shape index (κ1) is 11.8. The third-order valence-electron chi connectivity index (χ3n) is 5.98. The van der Waals surface area contributed by atoms with E-state index in [1.54, 1.807) is 43.7 Å². The summed E-state index contributed by atoms with van der Waals surface area (Å²) in [5.74, 6) is -2.16. The maximum atomic E-state index is 9.00. The van der Waals surface area contributed by atoms with E-state index in [1.807, 2.05) is 0 Å². The van der Waals surface area contributed by atoms with Crippen molar-refractivity contribution in [3.8, 4) is 22.4 Å². The molecule has 0 saturated carbocycles. The molecule has 0 bridgehead atoms. The molecule has 0 N–H and O–H groups in total. The molecule has 3 heteroatoms. The fraction of sp³-hybridized carbons (Fsp3) is 0.200. The van der Waals surface area contributed by atoms with E-state index in [0.717, 1.165) is 0 Å². The number of rotatable bonds is 3. The standard InChI is InChI=1S/C30H27N2O/c1-18(2)22-15-17-26(32(6)20(22)4)27-19(3)12-13-23-24-14-16-25(31-5)28(30(24)33-29(23)27)21-10-8-7-9-11-21/h7-18H,1-4,6H3/q+1/i1D3,7D,8D,9D,10D,11D,15D,17D,18D. The third kappa shape index (κ3) is 3.22. The second kappa shape index (κ2) is 7.90. The van der Waals surface area contributed by atoms with Crippen molar-refractivity contribution in [3.63, 3.8) is 0 Å². The van der Waals surface area contributed by atoms with Crippen LogP contribution < -0.4 is 4.57 Å². The molecule has 2 aromatic heterocycles. The van der Waals surface area contributed by atoms with E-state index < -0.39 is 49.0 Å². The summed E-state index contributed by atoms with van der Waals surface area (Å²) in [6, 6.07) is 3.39. The maximum Gasteiger partial charge on any atom is 0.216 e. The van der Waals surface area contributed by atoms with Gasteiger partial charge in [-0.2, -0.15) is 4.57 Å². The van der Waals surface area contributed by atoms with Gasteiger partial charge in [0.2, 0.25) is 5.69 Å². The molecule has 3 nitrogen and oxygen atoms in total. The number of nitrogens with zero attached hydrogens (tertiary/aromatic N) is 2. The Hall–Kier alpha value is -3.90. The molecule has 0 aliphatic heterocycles. The lowest BCUT2D eigenvalue weighted by molar-refractivity contribution is -0.667. The molecule has 0 aliphatic rings. The smallest absolute Gasteiger partial charge is 0.216 e. The van der Waals surface area contributed by atoms with Crippen LogP contribution in [0, 0.1) is 20.4 Å². The summed E-state index contributed by atoms with van der Waals surface area (Å²) in [7, 11) is 1.62. The molecule has 162 valence electrons. The summed E-state index contributed by atoms with van der Waals surface area (Å²) in [5.41, 5.74) is 1.83. The number of aryl methyl sites for hydroxylation is 1. The summed E-state index contributed by atoms with van der Waals surface area (Å²) in [4.78, 5) is 3.56. The topological polar surface area (TPSA) is 21.4 Å². The molecule has 1 atom stereocenters. The molecule has 5 aromatic rings. The predicted molar refractivity (Wildman–Crippen MR) is 136 cm³/mol. The van der Waals surface area contributed by atoms with Crippen LogP contribution in [-0.4, -0.2) is 0 Å². The summed E-state index contributed by atoms with van der Waals surface area (Å²) < 4.78 is 99.7. The molecular weight excluding hydrogens is 404 g/mol. The predicted octanol–water partition coefficient (Wildman–Crippen LogP) is 8.04. The summed E-state index contributed by atoms with van der Waals surface area (Å²) in [6.45, 7) is 9.62. The van der Waals surface area contributed by atoms with Crippen molar-refractivity contribution in [2.45, 2.75) is 33.5 Å². The number of fused-ring (bicyclic) bond motifs is 3. The molecule has 5 rings (SSSR count). The molecular formula is C30H27N2O+. The van der Waals surface area contributed by atoms with Crippen molar-refractivity contribution in [3.05, 3.63) is 94.8 Å². The van der Waals surface area contributed by atoms with Gasteiger partial charge < -0.3 is 4.42 Å². The van der Waals surface area contributed by atoms with Crippen LogP contribution >= 0.6 is 0 Å². The van der Waals surface area contributed by atoms with E-state index in [4.69, 9.17) is 26.1 Å². The van der Waals surface area contributed by atoms with Gasteiger partial charge in [0.25, 0.3) is 0 Å². The van der Waals surface area contributed by atoms with Gasteiger partial charge in [0.05, 0.1) is 21.7 Å². The quantitative estimate of drug-likeness (QED) is 0.205. The van der Waals surface area contributed by atoms with Gasteiger partial charge in [-0.05, 0) is 30.0 Å². The van der Waals surface area contributed by atoms with Gasteiger partial charge in [0, 0.05) is 40.3 Å². The van der Waals surface area contributed by atoms with E-state index >= 15 is 0 Å². The number of hydrogen-bond acceptors (Lipinski definition) is 1. The van der Waals surface area contributed by atoms with Crippen LogP contribution in [0.5, 0.6) is 0 Å². The SMILES string of the molecule is [2H]c1c([2H])c([2H])c(-c2c([N+]#[C-])ccc3c2oc2c(-c4c([2H])c([2H])c(C([2H])(C)C([2H])([2H])[2H])c(C)[n+]4C)c(C)ccc23)c([2H])c1[2H]. The Balaban J connectivity index is 1.94. The lowest BCUT2D eigenvalue weighted by Gasteiger charge is -2.11. The van der Waals surface area contributed by atoms with Crippen LogP contribution in [0.3, 0.4) is 0 Å². The number of aromatic nitrogens is 1. The van der Waals surface area contributed by atoms with Gasteiger partial charge in [-0.3, -0.25) is 0 Å². The highest BCUT2D eigenvalue weighted by atomic mass is 16.3.